The Morgan fingerprint density at radius 1 is 1.29 bits per heavy atom. The Kier molecular flexibility index (Phi) is 5.18. The Balaban J connectivity index is 1.95. The molecule has 1 aliphatic rings. The van der Waals surface area contributed by atoms with Crippen LogP contribution >= 0.6 is 0 Å². The summed E-state index contributed by atoms with van der Waals surface area (Å²) >= 11 is 0. The van der Waals surface area contributed by atoms with E-state index in [0.29, 0.717) is 11.3 Å². The molecule has 1 atom stereocenters. The fraction of sp³-hybridized carbons (Fsp3) is 0.312. The Morgan fingerprint density at radius 3 is 2.62 bits per heavy atom. The van der Waals surface area contributed by atoms with Crippen LogP contribution in [0, 0.1) is 12.7 Å². The number of hydrogen-bond acceptors (Lipinski definition) is 3. The second kappa shape index (κ2) is 7.12. The number of halogens is 1. The zero-order valence-corrected chi connectivity index (χ0v) is 13.6. The minimum Gasteiger partial charge on any atom is -0.343 e. The van der Waals surface area contributed by atoms with Crippen molar-refractivity contribution in [3.63, 3.8) is 0 Å². The van der Waals surface area contributed by atoms with Crippen LogP contribution in [0.15, 0.2) is 29.5 Å². The molecule has 1 heterocycles. The van der Waals surface area contributed by atoms with E-state index in [2.05, 4.69) is 21.3 Å². The smallest absolute Gasteiger partial charge is 0.319 e. The molecule has 1 aromatic carbocycles. The lowest BCUT2D eigenvalue weighted by molar-refractivity contribution is -0.121. The molecule has 0 saturated carbocycles. The van der Waals surface area contributed by atoms with Crippen LogP contribution in [0.5, 0.6) is 0 Å². The number of aryl methyl sites for hydroxylation is 1. The normalized spacial score (nSPS) is 17.0. The van der Waals surface area contributed by atoms with Gasteiger partial charge in [-0.25, -0.2) is 9.18 Å². The number of amides is 4. The fourth-order valence-corrected chi connectivity index (χ4v) is 2.41. The van der Waals surface area contributed by atoms with Gasteiger partial charge in [0.25, 0.3) is 5.91 Å². The highest BCUT2D eigenvalue weighted by atomic mass is 19.1. The number of hydrogen-bond donors (Lipinski definition) is 4. The van der Waals surface area contributed by atoms with Gasteiger partial charge in [0.1, 0.15) is 5.82 Å². The number of carbonyl (C=O) groups is 3. The van der Waals surface area contributed by atoms with Crippen LogP contribution in [0.3, 0.4) is 0 Å². The number of allylic oxidation sites excluding steroid dienone is 1. The van der Waals surface area contributed by atoms with Gasteiger partial charge in [0, 0.05) is 5.70 Å². The van der Waals surface area contributed by atoms with E-state index in [-0.39, 0.29) is 18.3 Å². The lowest BCUT2D eigenvalue weighted by Crippen LogP contribution is -2.50. The van der Waals surface area contributed by atoms with Crippen LogP contribution in [-0.2, 0) is 9.59 Å². The molecule has 7 nitrogen and oxygen atoms in total. The topological polar surface area (TPSA) is 99.3 Å². The lowest BCUT2D eigenvalue weighted by atomic mass is 10.0. The molecule has 2 rings (SSSR count). The number of anilines is 1. The highest BCUT2D eigenvalue weighted by Gasteiger charge is 2.26. The number of carbonyl (C=O) groups excluding carboxylic acids is 3. The van der Waals surface area contributed by atoms with Crippen molar-refractivity contribution in [3.8, 4) is 0 Å². The second-order valence-electron chi connectivity index (χ2n) is 5.57. The Morgan fingerprint density at radius 2 is 2.00 bits per heavy atom. The van der Waals surface area contributed by atoms with Crippen molar-refractivity contribution in [1.29, 1.82) is 0 Å². The van der Waals surface area contributed by atoms with Crippen LogP contribution in [-0.4, -0.2) is 30.4 Å². The van der Waals surface area contributed by atoms with Gasteiger partial charge < -0.3 is 21.3 Å². The summed E-state index contributed by atoms with van der Waals surface area (Å²) in [6.45, 7) is 4.69. The summed E-state index contributed by atoms with van der Waals surface area (Å²) in [5, 5.41) is 9.91. The van der Waals surface area contributed by atoms with Gasteiger partial charge in [0.05, 0.1) is 23.8 Å². The van der Waals surface area contributed by atoms with Gasteiger partial charge in [-0.05, 0) is 38.5 Å². The van der Waals surface area contributed by atoms with Crippen LogP contribution in [0.4, 0.5) is 14.9 Å². The third kappa shape index (κ3) is 4.09. The van der Waals surface area contributed by atoms with Crippen molar-refractivity contribution in [2.45, 2.75) is 26.8 Å². The quantitative estimate of drug-likeness (QED) is 0.665. The van der Waals surface area contributed by atoms with Gasteiger partial charge in [0.15, 0.2) is 0 Å². The maximum absolute atomic E-state index is 13.7. The highest BCUT2D eigenvalue weighted by Crippen LogP contribution is 2.15. The van der Waals surface area contributed by atoms with Crippen LogP contribution in [0.25, 0.3) is 0 Å². The first kappa shape index (κ1) is 17.5. The van der Waals surface area contributed by atoms with Gasteiger partial charge in [-0.2, -0.15) is 0 Å². The lowest BCUT2D eigenvalue weighted by Gasteiger charge is -2.25. The van der Waals surface area contributed by atoms with E-state index in [1.807, 2.05) is 0 Å². The van der Waals surface area contributed by atoms with E-state index < -0.39 is 23.7 Å². The predicted molar refractivity (Wildman–Crippen MR) is 86.6 cm³/mol. The van der Waals surface area contributed by atoms with Gasteiger partial charge in [-0.1, -0.05) is 6.07 Å². The van der Waals surface area contributed by atoms with Crippen molar-refractivity contribution >= 4 is 23.5 Å². The molecule has 0 aliphatic carbocycles. The maximum Gasteiger partial charge on any atom is 0.319 e. The number of nitrogens with one attached hydrogen (secondary N) is 4. The van der Waals surface area contributed by atoms with Crippen molar-refractivity contribution in [1.82, 2.24) is 16.0 Å². The molecule has 0 aromatic heterocycles. The molecule has 0 saturated heterocycles. The minimum absolute atomic E-state index is 0.0511. The Bertz CT molecular complexity index is 730. The Hall–Kier alpha value is -2.90. The molecule has 4 N–H and O–H groups in total. The third-order valence-electron chi connectivity index (χ3n) is 3.54. The molecule has 0 bridgehead atoms. The molecule has 0 spiro atoms. The first-order valence-corrected chi connectivity index (χ1v) is 7.40. The summed E-state index contributed by atoms with van der Waals surface area (Å²) in [7, 11) is 0. The predicted octanol–water partition coefficient (Wildman–Crippen LogP) is 1.16. The standard InChI is InChI=1S/C16H19FN4O3/c1-8-4-5-12(11(17)6-8)21-13(22)7-18-15(23)14-9(2)19-16(24)20-10(14)3/h4-6,9H,7H2,1-3H3,(H,18,23)(H,21,22)(H2,19,20,24)/t9-/m0/s1. The minimum atomic E-state index is -0.551. The van der Waals surface area contributed by atoms with Crippen LogP contribution in [0.1, 0.15) is 19.4 Å². The zero-order chi connectivity index (χ0) is 17.9. The van der Waals surface area contributed by atoms with E-state index in [0.717, 1.165) is 5.56 Å². The average molecular weight is 334 g/mol. The summed E-state index contributed by atoms with van der Waals surface area (Å²) in [5.74, 6) is -1.57. The monoisotopic (exact) mass is 334 g/mol. The second-order valence-corrected chi connectivity index (χ2v) is 5.57. The van der Waals surface area contributed by atoms with Crippen molar-refractivity contribution in [3.05, 3.63) is 40.8 Å². The zero-order valence-electron chi connectivity index (χ0n) is 13.6. The molecule has 0 unspecified atom stereocenters. The molecule has 128 valence electrons. The molecule has 0 radical (unpaired) electrons. The number of rotatable bonds is 4. The SMILES string of the molecule is CC1=C(C(=O)NCC(=O)Nc2ccc(C)cc2F)[C@H](C)NC(=O)N1. The van der Waals surface area contributed by atoms with Gasteiger partial charge in [-0.3, -0.25) is 9.59 Å². The van der Waals surface area contributed by atoms with E-state index in [1.54, 1.807) is 26.8 Å². The fourth-order valence-electron chi connectivity index (χ4n) is 2.41. The first-order valence-electron chi connectivity index (χ1n) is 7.40. The maximum atomic E-state index is 13.7. The van der Waals surface area contributed by atoms with E-state index in [4.69, 9.17) is 0 Å². The molecule has 24 heavy (non-hydrogen) atoms. The Labute approximate surface area is 138 Å². The summed E-state index contributed by atoms with van der Waals surface area (Å²) < 4.78 is 13.7. The summed E-state index contributed by atoms with van der Waals surface area (Å²) in [6, 6.07) is 3.57. The highest BCUT2D eigenvalue weighted by molar-refractivity contribution is 6.01. The van der Waals surface area contributed by atoms with Crippen molar-refractivity contribution in [2.24, 2.45) is 0 Å². The van der Waals surface area contributed by atoms with Crippen LogP contribution < -0.4 is 21.3 Å². The number of benzene rings is 1. The van der Waals surface area contributed by atoms with Crippen LogP contribution in [0.2, 0.25) is 0 Å². The van der Waals surface area contributed by atoms with Gasteiger partial charge in [0.2, 0.25) is 5.91 Å². The molecule has 8 heteroatoms. The third-order valence-corrected chi connectivity index (χ3v) is 3.54. The summed E-state index contributed by atoms with van der Waals surface area (Å²) in [4.78, 5) is 35.3. The molecular weight excluding hydrogens is 315 g/mol. The van der Waals surface area contributed by atoms with E-state index in [1.165, 1.54) is 12.1 Å². The molecule has 1 aromatic rings. The van der Waals surface area contributed by atoms with Gasteiger partial charge in [-0.15, -0.1) is 0 Å². The molecule has 0 fully saturated rings. The average Bonchev–Trinajstić information content (AvgIpc) is 2.47. The van der Waals surface area contributed by atoms with Crippen molar-refractivity contribution in [2.75, 3.05) is 11.9 Å². The summed E-state index contributed by atoms with van der Waals surface area (Å²) in [6.07, 6.45) is 0. The van der Waals surface area contributed by atoms with E-state index in [9.17, 15) is 18.8 Å². The van der Waals surface area contributed by atoms with E-state index >= 15 is 0 Å². The molecule has 1 aliphatic heterocycles. The summed E-state index contributed by atoms with van der Waals surface area (Å²) in [5.41, 5.74) is 1.55. The molecule has 4 amide bonds. The largest absolute Gasteiger partial charge is 0.343 e. The number of urea groups is 1. The molecular formula is C16H19FN4O3. The first-order chi connectivity index (χ1) is 11.3. The van der Waals surface area contributed by atoms with Crippen molar-refractivity contribution < 1.29 is 18.8 Å². The van der Waals surface area contributed by atoms with Gasteiger partial charge >= 0.3 is 6.03 Å².